The third-order valence-corrected chi connectivity index (χ3v) is 5.04. The monoisotopic (exact) mass is 393 g/mol. The number of rotatable bonds is 8. The Labute approximate surface area is 172 Å². The summed E-state index contributed by atoms with van der Waals surface area (Å²) in [7, 11) is 0. The number of pyridine rings is 1. The highest BCUT2D eigenvalue weighted by Gasteiger charge is 2.14. The summed E-state index contributed by atoms with van der Waals surface area (Å²) in [5.41, 5.74) is 6.33. The van der Waals surface area contributed by atoms with Crippen LogP contribution in [-0.2, 0) is 12.8 Å². The molecule has 1 aromatic carbocycles. The number of unbranched alkanes of at least 4 members (excludes halogenated alkanes) is 1. The topological polar surface area (TPSA) is 71.8 Å². The predicted molar refractivity (Wildman–Crippen MR) is 118 cm³/mol. The third kappa shape index (κ3) is 4.94. The van der Waals surface area contributed by atoms with Gasteiger partial charge in [-0.2, -0.15) is 0 Å². The van der Waals surface area contributed by atoms with Crippen LogP contribution in [-0.4, -0.2) is 33.7 Å². The quantitative estimate of drug-likeness (QED) is 0.562. The summed E-state index contributed by atoms with van der Waals surface area (Å²) in [5.74, 6) is 1.04. The average molecular weight is 394 g/mol. The van der Waals surface area contributed by atoms with Gasteiger partial charge in [0.05, 0.1) is 11.2 Å². The van der Waals surface area contributed by atoms with E-state index in [1.54, 1.807) is 0 Å². The molecule has 154 valence electrons. The van der Waals surface area contributed by atoms with E-state index in [9.17, 15) is 4.79 Å². The van der Waals surface area contributed by atoms with Gasteiger partial charge in [0.2, 0.25) is 0 Å². The molecule has 0 bridgehead atoms. The van der Waals surface area contributed by atoms with E-state index in [0.29, 0.717) is 6.54 Å². The number of amides is 2. The predicted octanol–water partition coefficient (Wildman–Crippen LogP) is 4.24. The van der Waals surface area contributed by atoms with E-state index < -0.39 is 0 Å². The van der Waals surface area contributed by atoms with Crippen LogP contribution < -0.4 is 10.6 Å². The number of benzene rings is 1. The molecule has 0 saturated carbocycles. The minimum absolute atomic E-state index is 0.0908. The molecule has 0 aliphatic carbocycles. The third-order valence-electron chi connectivity index (χ3n) is 5.04. The lowest BCUT2D eigenvalue weighted by atomic mass is 10.1. The van der Waals surface area contributed by atoms with E-state index in [-0.39, 0.29) is 6.03 Å². The van der Waals surface area contributed by atoms with Crippen molar-refractivity contribution in [2.45, 2.75) is 53.4 Å². The molecule has 0 spiro atoms. The van der Waals surface area contributed by atoms with Gasteiger partial charge in [-0.1, -0.05) is 32.4 Å². The highest BCUT2D eigenvalue weighted by molar-refractivity contribution is 5.80. The molecule has 0 radical (unpaired) electrons. The van der Waals surface area contributed by atoms with Gasteiger partial charge >= 0.3 is 6.03 Å². The fraction of sp³-hybridized carbons (Fsp3) is 0.435. The zero-order valence-corrected chi connectivity index (χ0v) is 17.9. The lowest BCUT2D eigenvalue weighted by Gasteiger charge is -2.11. The van der Waals surface area contributed by atoms with Crippen molar-refractivity contribution in [2.24, 2.45) is 0 Å². The standard InChI is InChI=1S/C23H31N5O/c1-5-7-13-24-23(29)25-14-12-18-8-10-19(11-9-18)28-20-15-16(3)26-17(4)22(20)27-21(28)6-2/h8-11,15H,5-7,12-14H2,1-4H3,(H2,24,25,29). The van der Waals surface area contributed by atoms with Crippen molar-refractivity contribution < 1.29 is 4.79 Å². The Kier molecular flexibility index (Phi) is 6.86. The average Bonchev–Trinajstić information content (AvgIpc) is 3.07. The molecule has 0 unspecified atom stereocenters. The molecule has 2 amide bonds. The van der Waals surface area contributed by atoms with Gasteiger partial charge in [0, 0.05) is 30.9 Å². The maximum atomic E-state index is 11.7. The Balaban J connectivity index is 1.71. The first kappa shape index (κ1) is 20.8. The Morgan fingerprint density at radius 3 is 2.45 bits per heavy atom. The second-order valence-corrected chi connectivity index (χ2v) is 7.39. The van der Waals surface area contributed by atoms with Crippen LogP contribution in [0.15, 0.2) is 30.3 Å². The first-order chi connectivity index (χ1) is 14.0. The second-order valence-electron chi connectivity index (χ2n) is 7.39. The van der Waals surface area contributed by atoms with Crippen molar-refractivity contribution in [2.75, 3.05) is 13.1 Å². The molecule has 6 heteroatoms. The Hall–Kier alpha value is -2.89. The molecule has 2 heterocycles. The van der Waals surface area contributed by atoms with E-state index in [2.05, 4.69) is 64.4 Å². The number of aromatic nitrogens is 3. The summed E-state index contributed by atoms with van der Waals surface area (Å²) in [6.45, 7) is 9.61. The van der Waals surface area contributed by atoms with E-state index >= 15 is 0 Å². The number of imidazole rings is 1. The summed E-state index contributed by atoms with van der Waals surface area (Å²) in [5, 5.41) is 5.79. The maximum absolute atomic E-state index is 11.7. The van der Waals surface area contributed by atoms with Crippen LogP contribution in [0.3, 0.4) is 0 Å². The molecular formula is C23H31N5O. The van der Waals surface area contributed by atoms with Crippen LogP contribution in [0.25, 0.3) is 16.7 Å². The number of fused-ring (bicyclic) bond motifs is 1. The highest BCUT2D eigenvalue weighted by atomic mass is 16.2. The number of hydrogen-bond donors (Lipinski definition) is 2. The normalized spacial score (nSPS) is 11.0. The molecule has 0 fully saturated rings. The molecule has 2 aromatic heterocycles. The maximum Gasteiger partial charge on any atom is 0.314 e. The smallest absolute Gasteiger partial charge is 0.314 e. The molecule has 0 aliphatic heterocycles. The zero-order chi connectivity index (χ0) is 20.8. The van der Waals surface area contributed by atoms with Gasteiger partial charge in [0.25, 0.3) is 0 Å². The molecule has 0 saturated heterocycles. The van der Waals surface area contributed by atoms with Crippen molar-refractivity contribution in [3.8, 4) is 5.69 Å². The molecular weight excluding hydrogens is 362 g/mol. The van der Waals surface area contributed by atoms with Crippen molar-refractivity contribution in [3.05, 3.63) is 53.1 Å². The lowest BCUT2D eigenvalue weighted by molar-refractivity contribution is 0.241. The SMILES string of the molecule is CCCCNC(=O)NCCc1ccc(-n2c(CC)nc3c(C)nc(C)cc32)cc1. The number of urea groups is 1. The summed E-state index contributed by atoms with van der Waals surface area (Å²) in [4.78, 5) is 21.1. The van der Waals surface area contributed by atoms with E-state index in [1.165, 1.54) is 5.56 Å². The largest absolute Gasteiger partial charge is 0.338 e. The van der Waals surface area contributed by atoms with Gasteiger partial charge in [0.15, 0.2) is 0 Å². The molecule has 3 rings (SSSR count). The fourth-order valence-corrected chi connectivity index (χ4v) is 3.53. The van der Waals surface area contributed by atoms with E-state index in [1.807, 2.05) is 13.8 Å². The van der Waals surface area contributed by atoms with E-state index in [4.69, 9.17) is 4.98 Å². The summed E-state index contributed by atoms with van der Waals surface area (Å²) in [6, 6.07) is 10.5. The van der Waals surface area contributed by atoms with Crippen LogP contribution in [0.1, 0.15) is 49.5 Å². The lowest BCUT2D eigenvalue weighted by Crippen LogP contribution is -2.37. The Morgan fingerprint density at radius 1 is 1.03 bits per heavy atom. The first-order valence-corrected chi connectivity index (χ1v) is 10.5. The van der Waals surface area contributed by atoms with Gasteiger partial charge in [-0.3, -0.25) is 9.55 Å². The number of aryl methyl sites for hydroxylation is 3. The summed E-state index contributed by atoms with van der Waals surface area (Å²) in [6.07, 6.45) is 3.74. The van der Waals surface area contributed by atoms with Crippen LogP contribution in [0, 0.1) is 13.8 Å². The number of carbonyl (C=O) groups excluding carboxylic acids is 1. The highest BCUT2D eigenvalue weighted by Crippen LogP contribution is 2.24. The Bertz CT molecular complexity index is 975. The van der Waals surface area contributed by atoms with Crippen molar-refractivity contribution in [3.63, 3.8) is 0 Å². The first-order valence-electron chi connectivity index (χ1n) is 10.5. The van der Waals surface area contributed by atoms with Crippen molar-refractivity contribution in [1.29, 1.82) is 0 Å². The minimum atomic E-state index is -0.0908. The molecule has 2 N–H and O–H groups in total. The number of hydrogen-bond acceptors (Lipinski definition) is 3. The van der Waals surface area contributed by atoms with Gasteiger partial charge in [0.1, 0.15) is 11.3 Å². The van der Waals surface area contributed by atoms with Crippen LogP contribution in [0.4, 0.5) is 4.79 Å². The van der Waals surface area contributed by atoms with Crippen molar-refractivity contribution in [1.82, 2.24) is 25.2 Å². The van der Waals surface area contributed by atoms with Gasteiger partial charge < -0.3 is 10.6 Å². The number of nitrogens with zero attached hydrogens (tertiary/aromatic N) is 3. The molecule has 6 nitrogen and oxygen atoms in total. The zero-order valence-electron chi connectivity index (χ0n) is 17.9. The number of carbonyl (C=O) groups is 1. The minimum Gasteiger partial charge on any atom is -0.338 e. The van der Waals surface area contributed by atoms with Gasteiger partial charge in [-0.25, -0.2) is 9.78 Å². The molecule has 3 aromatic rings. The van der Waals surface area contributed by atoms with E-state index in [0.717, 1.165) is 66.2 Å². The van der Waals surface area contributed by atoms with Crippen LogP contribution in [0.5, 0.6) is 0 Å². The molecule has 29 heavy (non-hydrogen) atoms. The van der Waals surface area contributed by atoms with Crippen LogP contribution in [0.2, 0.25) is 0 Å². The number of nitrogens with one attached hydrogen (secondary N) is 2. The van der Waals surface area contributed by atoms with Crippen molar-refractivity contribution >= 4 is 17.1 Å². The van der Waals surface area contributed by atoms with Gasteiger partial charge in [-0.05, 0) is 50.5 Å². The summed E-state index contributed by atoms with van der Waals surface area (Å²) >= 11 is 0. The summed E-state index contributed by atoms with van der Waals surface area (Å²) < 4.78 is 2.22. The second kappa shape index (κ2) is 9.54. The molecule has 0 atom stereocenters. The molecule has 0 aliphatic rings. The van der Waals surface area contributed by atoms with Crippen LogP contribution >= 0.6 is 0 Å². The fourth-order valence-electron chi connectivity index (χ4n) is 3.53. The van der Waals surface area contributed by atoms with Gasteiger partial charge in [-0.15, -0.1) is 0 Å². The Morgan fingerprint density at radius 2 is 1.76 bits per heavy atom.